The summed E-state index contributed by atoms with van der Waals surface area (Å²) in [5, 5.41) is 3.29. The summed E-state index contributed by atoms with van der Waals surface area (Å²) in [6.07, 6.45) is 0. The second kappa shape index (κ2) is 4.61. The van der Waals surface area contributed by atoms with E-state index in [0.29, 0.717) is 12.6 Å². The van der Waals surface area contributed by atoms with Crippen LogP contribution in [0.3, 0.4) is 0 Å². The van der Waals surface area contributed by atoms with Crippen molar-refractivity contribution in [3.05, 3.63) is 16.1 Å². The number of hydrogen-bond acceptors (Lipinski definition) is 5. The van der Waals surface area contributed by atoms with Gasteiger partial charge >= 0.3 is 0 Å². The quantitative estimate of drug-likeness (QED) is 0.830. The van der Waals surface area contributed by atoms with Crippen molar-refractivity contribution in [2.45, 2.75) is 12.6 Å². The van der Waals surface area contributed by atoms with Crippen LogP contribution in [0.1, 0.15) is 16.7 Å². The molecule has 1 unspecified atom stereocenters. The first kappa shape index (κ1) is 10.4. The maximum Gasteiger partial charge on any atom is 0.111 e. The van der Waals surface area contributed by atoms with Crippen molar-refractivity contribution in [1.82, 2.24) is 9.88 Å². The van der Waals surface area contributed by atoms with Gasteiger partial charge in [-0.05, 0) is 7.05 Å². The van der Waals surface area contributed by atoms with Crippen LogP contribution in [0.5, 0.6) is 0 Å². The van der Waals surface area contributed by atoms with Gasteiger partial charge in [0.1, 0.15) is 5.01 Å². The van der Waals surface area contributed by atoms with E-state index in [1.807, 2.05) is 11.8 Å². The summed E-state index contributed by atoms with van der Waals surface area (Å²) in [6, 6.07) is 0.499. The molecule has 0 spiro atoms. The Balaban J connectivity index is 2.12. The lowest BCUT2D eigenvalue weighted by atomic mass is 10.3. The Labute approximate surface area is 92.7 Å². The molecule has 2 heterocycles. The van der Waals surface area contributed by atoms with Crippen LogP contribution in [-0.2, 0) is 6.54 Å². The summed E-state index contributed by atoms with van der Waals surface area (Å²) in [5.41, 5.74) is 6.57. The summed E-state index contributed by atoms with van der Waals surface area (Å²) in [5.74, 6) is 2.40. The average molecular weight is 229 g/mol. The lowest BCUT2D eigenvalue weighted by Crippen LogP contribution is -2.32. The molecule has 2 rings (SSSR count). The van der Waals surface area contributed by atoms with Crippen molar-refractivity contribution in [3.8, 4) is 0 Å². The molecule has 0 saturated carbocycles. The molecule has 1 aliphatic rings. The number of thiazole rings is 1. The van der Waals surface area contributed by atoms with Crippen molar-refractivity contribution in [2.75, 3.05) is 25.1 Å². The largest absolute Gasteiger partial charge is 0.325 e. The average Bonchev–Trinajstić information content (AvgIpc) is 2.67. The fraction of sp³-hybridized carbons (Fsp3) is 0.667. The third-order valence-corrected chi connectivity index (χ3v) is 4.48. The van der Waals surface area contributed by atoms with Crippen molar-refractivity contribution >= 4 is 23.1 Å². The zero-order valence-corrected chi connectivity index (χ0v) is 9.90. The van der Waals surface area contributed by atoms with Crippen LogP contribution < -0.4 is 5.73 Å². The lowest BCUT2D eigenvalue weighted by Gasteiger charge is -2.30. The predicted molar refractivity (Wildman–Crippen MR) is 62.7 cm³/mol. The highest BCUT2D eigenvalue weighted by molar-refractivity contribution is 7.99. The van der Waals surface area contributed by atoms with E-state index in [2.05, 4.69) is 22.3 Å². The smallest absolute Gasteiger partial charge is 0.111 e. The second-order valence-electron chi connectivity index (χ2n) is 3.45. The van der Waals surface area contributed by atoms with Crippen LogP contribution in [0.15, 0.2) is 5.38 Å². The molecule has 0 aliphatic carbocycles. The van der Waals surface area contributed by atoms with E-state index >= 15 is 0 Å². The maximum absolute atomic E-state index is 5.55. The van der Waals surface area contributed by atoms with Gasteiger partial charge in [0.25, 0.3) is 0 Å². The molecule has 1 aromatic rings. The van der Waals surface area contributed by atoms with E-state index in [-0.39, 0.29) is 0 Å². The third-order valence-electron chi connectivity index (χ3n) is 2.46. The first-order valence-corrected chi connectivity index (χ1v) is 6.77. The van der Waals surface area contributed by atoms with E-state index in [1.54, 1.807) is 11.3 Å². The molecule has 0 radical (unpaired) electrons. The minimum Gasteiger partial charge on any atom is -0.325 e. The van der Waals surface area contributed by atoms with Crippen LogP contribution >= 0.6 is 23.1 Å². The first-order valence-electron chi connectivity index (χ1n) is 4.73. The Kier molecular flexibility index (Phi) is 3.43. The Morgan fingerprint density at radius 3 is 3.21 bits per heavy atom. The minimum absolute atomic E-state index is 0.499. The van der Waals surface area contributed by atoms with Gasteiger partial charge in [-0.15, -0.1) is 11.3 Å². The van der Waals surface area contributed by atoms with Crippen LogP contribution in [0.2, 0.25) is 0 Å². The van der Waals surface area contributed by atoms with Crippen molar-refractivity contribution in [1.29, 1.82) is 0 Å². The number of nitrogens with zero attached hydrogens (tertiary/aromatic N) is 2. The van der Waals surface area contributed by atoms with Crippen molar-refractivity contribution in [2.24, 2.45) is 5.73 Å². The molecule has 78 valence electrons. The Morgan fingerprint density at radius 1 is 1.71 bits per heavy atom. The standard InChI is InChI=1S/C9H15N3S2/c1-12-2-3-13-6-8(12)9-11-7(4-10)5-14-9/h5,8H,2-4,6,10H2,1H3. The molecule has 5 heteroatoms. The molecule has 2 N–H and O–H groups in total. The van der Waals surface area contributed by atoms with Gasteiger partial charge in [0.2, 0.25) is 0 Å². The van der Waals surface area contributed by atoms with Gasteiger partial charge in [-0.25, -0.2) is 4.98 Å². The molecule has 0 amide bonds. The Bertz CT molecular complexity index is 300. The predicted octanol–water partition coefficient (Wildman–Crippen LogP) is 1.32. The van der Waals surface area contributed by atoms with E-state index in [1.165, 1.54) is 10.8 Å². The van der Waals surface area contributed by atoms with Gasteiger partial charge < -0.3 is 5.73 Å². The van der Waals surface area contributed by atoms with Gasteiger partial charge in [0.15, 0.2) is 0 Å². The molecule has 1 saturated heterocycles. The summed E-state index contributed by atoms with van der Waals surface area (Å²) >= 11 is 3.75. The van der Waals surface area contributed by atoms with Crippen LogP contribution in [0.25, 0.3) is 0 Å². The summed E-state index contributed by atoms with van der Waals surface area (Å²) < 4.78 is 0. The van der Waals surface area contributed by atoms with Gasteiger partial charge in [-0.3, -0.25) is 4.90 Å². The van der Waals surface area contributed by atoms with E-state index < -0.39 is 0 Å². The Morgan fingerprint density at radius 2 is 2.57 bits per heavy atom. The number of thioether (sulfide) groups is 1. The molecule has 14 heavy (non-hydrogen) atoms. The molecule has 0 aromatic carbocycles. The highest BCUT2D eigenvalue weighted by Gasteiger charge is 2.23. The molecule has 0 bridgehead atoms. The van der Waals surface area contributed by atoms with Gasteiger partial charge in [-0.1, -0.05) is 0 Å². The lowest BCUT2D eigenvalue weighted by molar-refractivity contribution is 0.274. The van der Waals surface area contributed by atoms with Gasteiger partial charge in [-0.2, -0.15) is 11.8 Å². The van der Waals surface area contributed by atoms with E-state index in [4.69, 9.17) is 5.73 Å². The van der Waals surface area contributed by atoms with Crippen LogP contribution in [0, 0.1) is 0 Å². The van der Waals surface area contributed by atoms with Crippen LogP contribution in [0.4, 0.5) is 0 Å². The molecule has 1 fully saturated rings. The highest BCUT2D eigenvalue weighted by atomic mass is 32.2. The fourth-order valence-electron chi connectivity index (χ4n) is 1.52. The van der Waals surface area contributed by atoms with Crippen molar-refractivity contribution in [3.63, 3.8) is 0 Å². The molecular formula is C9H15N3S2. The normalized spacial score (nSPS) is 24.0. The maximum atomic E-state index is 5.55. The number of hydrogen-bond donors (Lipinski definition) is 1. The second-order valence-corrected chi connectivity index (χ2v) is 5.49. The minimum atomic E-state index is 0.499. The van der Waals surface area contributed by atoms with Gasteiger partial charge in [0, 0.05) is 30.0 Å². The molecule has 1 atom stereocenters. The van der Waals surface area contributed by atoms with E-state index in [0.717, 1.165) is 18.0 Å². The summed E-state index contributed by atoms with van der Waals surface area (Å²) in [4.78, 5) is 6.93. The number of nitrogens with two attached hydrogens (primary N) is 1. The highest BCUT2D eigenvalue weighted by Crippen LogP contribution is 2.29. The SMILES string of the molecule is CN1CCSCC1c1nc(CN)cs1. The molecule has 1 aliphatic heterocycles. The number of aromatic nitrogens is 1. The molecule has 1 aromatic heterocycles. The van der Waals surface area contributed by atoms with Gasteiger partial charge in [0.05, 0.1) is 11.7 Å². The zero-order valence-electron chi connectivity index (χ0n) is 8.27. The zero-order chi connectivity index (χ0) is 9.97. The van der Waals surface area contributed by atoms with Crippen molar-refractivity contribution < 1.29 is 0 Å². The topological polar surface area (TPSA) is 42.2 Å². The summed E-state index contributed by atoms with van der Waals surface area (Å²) in [7, 11) is 2.17. The molecular weight excluding hydrogens is 214 g/mol. The van der Waals surface area contributed by atoms with Crippen LogP contribution in [-0.4, -0.2) is 35.0 Å². The number of rotatable bonds is 2. The fourth-order valence-corrected chi connectivity index (χ4v) is 3.84. The monoisotopic (exact) mass is 229 g/mol. The molecule has 3 nitrogen and oxygen atoms in total. The van der Waals surface area contributed by atoms with E-state index in [9.17, 15) is 0 Å². The Hall–Kier alpha value is -0.100. The third kappa shape index (κ3) is 2.11. The summed E-state index contributed by atoms with van der Waals surface area (Å²) in [6.45, 7) is 1.72. The first-order chi connectivity index (χ1) is 6.81.